The summed E-state index contributed by atoms with van der Waals surface area (Å²) < 4.78 is 4.73. The van der Waals surface area contributed by atoms with Crippen LogP contribution in [0.3, 0.4) is 0 Å². The van der Waals surface area contributed by atoms with Crippen molar-refractivity contribution in [3.05, 3.63) is 16.0 Å². The molecule has 2 heterocycles. The molecule has 1 fully saturated rings. The van der Waals surface area contributed by atoms with E-state index in [-0.39, 0.29) is 17.9 Å². The van der Waals surface area contributed by atoms with Gasteiger partial charge in [-0.05, 0) is 24.8 Å². The van der Waals surface area contributed by atoms with E-state index in [1.807, 2.05) is 0 Å². The van der Waals surface area contributed by atoms with Gasteiger partial charge in [0.05, 0.1) is 19.2 Å². The number of nitriles is 1. The van der Waals surface area contributed by atoms with Crippen LogP contribution in [-0.4, -0.2) is 30.6 Å². The molecule has 0 saturated heterocycles. The van der Waals surface area contributed by atoms with E-state index in [1.54, 1.807) is 4.90 Å². The summed E-state index contributed by atoms with van der Waals surface area (Å²) in [5.41, 5.74) is 1.50. The third-order valence-corrected chi connectivity index (χ3v) is 4.92. The zero-order chi connectivity index (χ0) is 15.0. The number of anilines is 1. The predicted molar refractivity (Wildman–Crippen MR) is 76.9 cm³/mol. The minimum Gasteiger partial charge on any atom is -0.453 e. The van der Waals surface area contributed by atoms with Crippen molar-refractivity contribution in [3.63, 3.8) is 0 Å². The topological polar surface area (TPSA) is 82.4 Å². The van der Waals surface area contributed by atoms with Crippen LogP contribution >= 0.6 is 11.3 Å². The Kier molecular flexibility index (Phi) is 3.55. The van der Waals surface area contributed by atoms with Gasteiger partial charge in [-0.3, -0.25) is 4.79 Å². The number of carbonyl (C=O) groups excluding carboxylic acids is 2. The summed E-state index contributed by atoms with van der Waals surface area (Å²) in [5.74, 6) is 0.0946. The fraction of sp³-hybridized carbons (Fsp3) is 0.500. The number of rotatable bonds is 2. The minimum absolute atomic E-state index is 0.00470. The molecular formula is C14H15N3O3S. The van der Waals surface area contributed by atoms with Crippen LogP contribution in [0.25, 0.3) is 0 Å². The molecule has 1 aromatic rings. The second-order valence-corrected chi connectivity index (χ2v) is 6.33. The lowest BCUT2D eigenvalue weighted by Crippen LogP contribution is -2.35. The van der Waals surface area contributed by atoms with Gasteiger partial charge in [-0.2, -0.15) is 5.26 Å². The second kappa shape index (κ2) is 5.37. The first-order chi connectivity index (χ1) is 10.1. The maximum atomic E-state index is 11.9. The third-order valence-electron chi connectivity index (χ3n) is 3.79. The summed E-state index contributed by atoms with van der Waals surface area (Å²) in [4.78, 5) is 26.0. The summed E-state index contributed by atoms with van der Waals surface area (Å²) >= 11 is 1.39. The van der Waals surface area contributed by atoms with Crippen LogP contribution in [-0.2, 0) is 22.5 Å². The Hall–Kier alpha value is -2.07. The van der Waals surface area contributed by atoms with Crippen LogP contribution in [0, 0.1) is 17.2 Å². The molecule has 7 heteroatoms. The molecule has 0 atom stereocenters. The number of nitrogens with zero attached hydrogens (tertiary/aromatic N) is 2. The molecule has 0 unspecified atom stereocenters. The van der Waals surface area contributed by atoms with E-state index in [0.29, 0.717) is 30.1 Å². The van der Waals surface area contributed by atoms with Crippen LogP contribution in [0.5, 0.6) is 0 Å². The Morgan fingerprint density at radius 3 is 2.86 bits per heavy atom. The number of carbonyl (C=O) groups is 2. The van der Waals surface area contributed by atoms with Gasteiger partial charge in [0.15, 0.2) is 0 Å². The van der Waals surface area contributed by atoms with E-state index in [1.165, 1.54) is 18.4 Å². The van der Waals surface area contributed by atoms with Crippen LogP contribution in [0.4, 0.5) is 9.80 Å². The Balaban J connectivity index is 1.84. The molecule has 6 nitrogen and oxygen atoms in total. The third kappa shape index (κ3) is 2.59. The molecule has 1 N–H and O–H groups in total. The SMILES string of the molecule is COC(=O)N1CCc2c(sc(NC(=O)C3CC3)c2C#N)C1. The maximum absolute atomic E-state index is 11.9. The molecule has 0 spiro atoms. The van der Waals surface area contributed by atoms with E-state index in [4.69, 9.17) is 4.74 Å². The largest absolute Gasteiger partial charge is 0.453 e. The zero-order valence-electron chi connectivity index (χ0n) is 11.6. The van der Waals surface area contributed by atoms with Crippen LogP contribution in [0.2, 0.25) is 0 Å². The standard InChI is InChI=1S/C14H15N3O3S/c1-20-14(19)17-5-4-9-10(6-15)13(21-11(9)7-17)16-12(18)8-2-3-8/h8H,2-5,7H2,1H3,(H,16,18). The zero-order valence-corrected chi connectivity index (χ0v) is 12.5. The van der Waals surface area contributed by atoms with E-state index >= 15 is 0 Å². The first-order valence-electron chi connectivity index (χ1n) is 6.82. The van der Waals surface area contributed by atoms with Gasteiger partial charge < -0.3 is 15.0 Å². The van der Waals surface area contributed by atoms with Crippen molar-refractivity contribution in [3.8, 4) is 6.07 Å². The fourth-order valence-electron chi connectivity index (χ4n) is 2.45. The highest BCUT2D eigenvalue weighted by Crippen LogP contribution is 2.38. The molecule has 0 aromatic carbocycles. The van der Waals surface area contributed by atoms with E-state index in [9.17, 15) is 14.9 Å². The molecule has 1 aromatic heterocycles. The molecule has 0 bridgehead atoms. The minimum atomic E-state index is -0.365. The molecule has 0 radical (unpaired) electrons. The van der Waals surface area contributed by atoms with Gasteiger partial charge in [0, 0.05) is 17.3 Å². The van der Waals surface area contributed by atoms with Gasteiger partial charge in [0.2, 0.25) is 5.91 Å². The molecule has 1 aliphatic heterocycles. The summed E-state index contributed by atoms with van der Waals surface area (Å²) in [6.07, 6.45) is 2.10. The van der Waals surface area contributed by atoms with Gasteiger partial charge in [-0.25, -0.2) is 4.79 Å². The summed E-state index contributed by atoms with van der Waals surface area (Å²) in [5, 5.41) is 12.8. The number of fused-ring (bicyclic) bond motifs is 1. The molecule has 3 rings (SSSR count). The van der Waals surface area contributed by atoms with E-state index < -0.39 is 0 Å². The van der Waals surface area contributed by atoms with Crippen molar-refractivity contribution in [2.24, 2.45) is 5.92 Å². The predicted octanol–water partition coefficient (Wildman–Crippen LogP) is 2.09. The maximum Gasteiger partial charge on any atom is 0.409 e. The number of thiophene rings is 1. The van der Waals surface area contributed by atoms with E-state index in [2.05, 4.69) is 11.4 Å². The Morgan fingerprint density at radius 2 is 2.24 bits per heavy atom. The van der Waals surface area contributed by atoms with Crippen molar-refractivity contribution in [1.29, 1.82) is 5.26 Å². The van der Waals surface area contributed by atoms with Crippen LogP contribution in [0.15, 0.2) is 0 Å². The lowest BCUT2D eigenvalue weighted by molar-refractivity contribution is -0.117. The monoisotopic (exact) mass is 305 g/mol. The lowest BCUT2D eigenvalue weighted by Gasteiger charge is -2.25. The molecule has 2 amide bonds. The molecule has 21 heavy (non-hydrogen) atoms. The van der Waals surface area contributed by atoms with Gasteiger partial charge in [0.25, 0.3) is 0 Å². The lowest BCUT2D eigenvalue weighted by atomic mass is 10.0. The van der Waals surface area contributed by atoms with Crippen LogP contribution < -0.4 is 5.32 Å². The van der Waals surface area contributed by atoms with Crippen molar-refractivity contribution >= 4 is 28.3 Å². The number of methoxy groups -OCH3 is 1. The molecule has 110 valence electrons. The highest BCUT2D eigenvalue weighted by Gasteiger charge is 2.32. The fourth-order valence-corrected chi connectivity index (χ4v) is 3.67. The summed E-state index contributed by atoms with van der Waals surface area (Å²) in [6.45, 7) is 0.960. The Labute approximate surface area is 126 Å². The normalized spacial score (nSPS) is 16.9. The number of hydrogen-bond donors (Lipinski definition) is 1. The highest BCUT2D eigenvalue weighted by atomic mass is 32.1. The van der Waals surface area contributed by atoms with Crippen molar-refractivity contribution in [2.45, 2.75) is 25.8 Å². The number of nitrogens with one attached hydrogen (secondary N) is 1. The van der Waals surface area contributed by atoms with Crippen LogP contribution in [0.1, 0.15) is 28.8 Å². The van der Waals surface area contributed by atoms with Gasteiger partial charge in [-0.1, -0.05) is 0 Å². The van der Waals surface area contributed by atoms with Crippen molar-refractivity contribution in [2.75, 3.05) is 19.0 Å². The highest BCUT2D eigenvalue weighted by molar-refractivity contribution is 7.16. The number of ether oxygens (including phenoxy) is 1. The summed E-state index contributed by atoms with van der Waals surface area (Å²) in [7, 11) is 1.36. The molecular weight excluding hydrogens is 290 g/mol. The Morgan fingerprint density at radius 1 is 1.48 bits per heavy atom. The average molecular weight is 305 g/mol. The number of hydrogen-bond acceptors (Lipinski definition) is 5. The molecule has 1 aliphatic carbocycles. The number of amides is 2. The quantitative estimate of drug-likeness (QED) is 0.907. The van der Waals surface area contributed by atoms with E-state index in [0.717, 1.165) is 23.3 Å². The molecule has 1 saturated carbocycles. The second-order valence-electron chi connectivity index (χ2n) is 5.22. The van der Waals surface area contributed by atoms with Crippen molar-refractivity contribution < 1.29 is 14.3 Å². The Bertz CT molecular complexity index is 643. The molecule has 2 aliphatic rings. The smallest absolute Gasteiger partial charge is 0.409 e. The van der Waals surface area contributed by atoms with Gasteiger partial charge >= 0.3 is 6.09 Å². The summed E-state index contributed by atoms with van der Waals surface area (Å²) in [6, 6.07) is 2.19. The average Bonchev–Trinajstić information content (AvgIpc) is 3.28. The van der Waals surface area contributed by atoms with Crippen molar-refractivity contribution in [1.82, 2.24) is 4.90 Å². The first kappa shape index (κ1) is 13.9. The van der Waals surface area contributed by atoms with Gasteiger partial charge in [-0.15, -0.1) is 11.3 Å². The first-order valence-corrected chi connectivity index (χ1v) is 7.64. The van der Waals surface area contributed by atoms with Gasteiger partial charge in [0.1, 0.15) is 11.1 Å².